The summed E-state index contributed by atoms with van der Waals surface area (Å²) in [6.07, 6.45) is 42.7. The normalized spacial score (nSPS) is 34.2. The van der Waals surface area contributed by atoms with E-state index in [0.717, 1.165) is 166 Å². The number of rotatable bonds is 12. The van der Waals surface area contributed by atoms with Crippen LogP contribution in [0.1, 0.15) is 317 Å². The van der Waals surface area contributed by atoms with Crippen LogP contribution in [0.15, 0.2) is 48.5 Å². The molecule has 16 rings (SSSR count). The molecule has 2 aromatic rings. The van der Waals surface area contributed by atoms with Crippen molar-refractivity contribution in [2.45, 2.75) is 434 Å². The Morgan fingerprint density at radius 1 is 0.327 bits per heavy atom. The molecule has 14 N–H and O–H groups in total. The number of likely N-dealkylation sites (N-methyl/N-ethyl adjacent to an activating group) is 4. The second-order valence-corrected chi connectivity index (χ2v) is 47.4. The van der Waals surface area contributed by atoms with Gasteiger partial charge in [-0.15, -0.1) is 0 Å². The van der Waals surface area contributed by atoms with Crippen LogP contribution < -0.4 is 63.8 Å². The van der Waals surface area contributed by atoms with Gasteiger partial charge in [0.15, 0.2) is 0 Å². The van der Waals surface area contributed by atoms with Gasteiger partial charge in [0.2, 0.25) is 70.9 Å². The highest BCUT2D eigenvalue weighted by Crippen LogP contribution is 2.44. The number of benzene rings is 2. The van der Waals surface area contributed by atoms with Gasteiger partial charge in [-0.1, -0.05) is 115 Å². The first-order valence-corrected chi connectivity index (χ1v) is 58.6. The van der Waals surface area contributed by atoms with E-state index in [1.54, 1.807) is 114 Å². The molecule has 14 fully saturated rings. The van der Waals surface area contributed by atoms with Crippen LogP contribution in [-0.2, 0) is 89.3 Å². The van der Waals surface area contributed by atoms with Crippen LogP contribution in [0.2, 0.25) is 0 Å². The highest BCUT2D eigenvalue weighted by atomic mass is 16.5. The van der Waals surface area contributed by atoms with Crippen LogP contribution in [0.4, 0.5) is 0 Å². The van der Waals surface area contributed by atoms with Crippen molar-refractivity contribution in [3.63, 3.8) is 0 Å². The zero-order chi connectivity index (χ0) is 107. The predicted molar refractivity (Wildman–Crippen MR) is 576 cm³/mol. The van der Waals surface area contributed by atoms with Crippen LogP contribution in [0.25, 0.3) is 0 Å². The first-order chi connectivity index (χ1) is 72.1. The van der Waals surface area contributed by atoms with E-state index in [9.17, 15) is 67.7 Å². The van der Waals surface area contributed by atoms with E-state index in [0.29, 0.717) is 131 Å². The average molecular weight is 2090 g/mol. The van der Waals surface area contributed by atoms with Gasteiger partial charge in [-0.2, -0.15) is 0 Å². The summed E-state index contributed by atoms with van der Waals surface area (Å²) in [6, 6.07) is 6.54. The number of carbonyl (C=O) groups is 12. The molecule has 2 bridgehead atoms. The number of phenols is 2. The standard InChI is InChI=1S/C30H46N4O5.C29H44N4O5.C29H50N4O4.C28H48N4O4/c1-19-18-32-27(22-14-15-22)30(38)34(3)20(2)28(36)33-24(17-23-10-4-6-12-25(23)35)29(37)31-16-8-11-21-9-5-7-13-26(21)39-19;1-19-27(35)32-24(18-20-9-13-23(34)14-10-20)28(36)31-15-5-7-21-6-3-4-8-25(21)38-17-16-30-26(22-11-12-22)29(37)33(19)2;1-19-18-31-26(23-14-15-23)29(36)33(3)20(2)27(34)32-24(17-21-9-4-5-10-21)28(35)30-16-8-12-22-11-6-7-13-25(22)37-19;1-17(2)15-23-27(34)29-14-6-9-20-7-5-8-21-12-13-22(36-25(20)21)16-30-24(19-10-11-19)28(35)32(4)18(3)26(33)31-23/h4,6,10,12,19-22,24,26-27,32,35H,5,7-9,11,13-18H2,1-3H3,(H,31,37)(H,33,36);9-10,13-14,19,21-22,24-26,30,34H,3-8,11-12,15-18H2,1-2H3,(H,31,36)(H,32,35);19-26,31H,4-18H2,1-3H3,(H,30,35)(H,32,34);17-25,30H,5-16H2,1-4H3,(H,29,34)(H,31,33)/t19-,20-,21?,24-,26?,27+;19-,21?,24-,25?,26+;19-,20-,22?,24-,25?,26+;18-,20?,21?,22-,23-,24+,25?/m1111/s1. The van der Waals surface area contributed by atoms with Crippen LogP contribution in [0.3, 0.4) is 0 Å². The maximum atomic E-state index is 13.5. The minimum absolute atomic E-state index is 0.0145. The van der Waals surface area contributed by atoms with Gasteiger partial charge in [-0.3, -0.25) is 57.5 Å². The molecule has 9 saturated carbocycles. The summed E-state index contributed by atoms with van der Waals surface area (Å²) >= 11 is 0. The molecule has 0 aromatic heterocycles. The van der Waals surface area contributed by atoms with Crippen molar-refractivity contribution in [1.29, 1.82) is 0 Å². The van der Waals surface area contributed by atoms with Crippen LogP contribution in [-0.4, -0.2) is 303 Å². The lowest BCUT2D eigenvalue weighted by atomic mass is 9.73. The Morgan fingerprint density at radius 2 is 0.673 bits per heavy atom. The van der Waals surface area contributed by atoms with Gasteiger partial charge in [0.05, 0.1) is 73.5 Å². The smallest absolute Gasteiger partial charge is 0.243 e. The molecule has 24 atom stereocenters. The average Bonchev–Trinajstić information content (AvgIpc) is 1.65. The van der Waals surface area contributed by atoms with E-state index in [-0.39, 0.29) is 168 Å². The fourth-order valence-corrected chi connectivity index (χ4v) is 24.6. The van der Waals surface area contributed by atoms with Gasteiger partial charge in [-0.25, -0.2) is 0 Å². The van der Waals surface area contributed by atoms with Crippen LogP contribution >= 0.6 is 0 Å². The Balaban J connectivity index is 0.000000167. The highest BCUT2D eigenvalue weighted by molar-refractivity contribution is 5.96. The maximum Gasteiger partial charge on any atom is 0.243 e. The van der Waals surface area contributed by atoms with Gasteiger partial charge in [0.1, 0.15) is 59.8 Å². The lowest BCUT2D eigenvalue weighted by Gasteiger charge is -2.44. The number of para-hydroxylation sites is 1. The number of fused-ring (bicyclic) bond motifs is 4. The monoisotopic (exact) mass is 2090 g/mol. The minimum Gasteiger partial charge on any atom is -0.508 e. The number of hydrogen-bond acceptors (Lipinski definition) is 22. The third-order valence-corrected chi connectivity index (χ3v) is 35.2. The molecule has 9 aliphatic carbocycles. The summed E-state index contributed by atoms with van der Waals surface area (Å²) in [7, 11) is 6.71. The van der Waals surface area contributed by atoms with Gasteiger partial charge in [0.25, 0.3) is 0 Å². The second kappa shape index (κ2) is 58.8. The Kier molecular flexibility index (Phi) is 46.4. The van der Waals surface area contributed by atoms with E-state index >= 15 is 0 Å². The zero-order valence-corrected chi connectivity index (χ0v) is 92.5. The molecule has 34 nitrogen and oxygen atoms in total. The predicted octanol–water partition coefficient (Wildman–Crippen LogP) is 10.4. The van der Waals surface area contributed by atoms with Crippen molar-refractivity contribution >= 4 is 70.9 Å². The molecule has 34 heteroatoms. The summed E-state index contributed by atoms with van der Waals surface area (Å²) in [5.41, 5.74) is 1.40. The molecule has 5 saturated heterocycles. The summed E-state index contributed by atoms with van der Waals surface area (Å²) in [5, 5.41) is 57.8. The molecule has 150 heavy (non-hydrogen) atoms. The van der Waals surface area contributed by atoms with E-state index < -0.39 is 54.2 Å². The SMILES string of the molecule is CC(C)C[C@H]1NC(=O)[C@@H](C)N(C)C(=O)[C@H](C2CC2)NC[C@H]2CCC3CCCC(CCCNC1=O)C3O2.C[C@@H]1C(=O)N[C@H](Cc2ccc(O)cc2)C(=O)NCCCC2CCCCC2OCCN[C@@H](C2CC2)C(=O)N1C.C[C@@H]1CN[C@@H](C2CC2)C(=O)N(C)[C@H](C)C(=O)N[C@H](CC2CCCC2)C(=O)NCCCC2CCCCC2O1.C[C@@H]1CN[C@@H](C2CC2)C(=O)N(C)[C@H](C)C(=O)N[C@H](Cc2ccccc2O)C(=O)NCCCC2CCCCC2O1. The maximum absolute atomic E-state index is 13.5. The van der Waals surface area contributed by atoms with E-state index in [4.69, 9.17) is 18.9 Å². The molecule has 840 valence electrons. The van der Waals surface area contributed by atoms with Crippen molar-refractivity contribution < 1.29 is 86.7 Å². The summed E-state index contributed by atoms with van der Waals surface area (Å²) in [4.78, 5) is 166. The zero-order valence-electron chi connectivity index (χ0n) is 92.5. The molecule has 2 aromatic carbocycles. The first kappa shape index (κ1) is 118. The molecule has 5 aliphatic heterocycles. The van der Waals surface area contributed by atoms with Crippen molar-refractivity contribution in [3.05, 3.63) is 59.7 Å². The minimum atomic E-state index is -0.875. The highest BCUT2D eigenvalue weighted by Gasteiger charge is 2.48. The number of phenolic OH excluding ortho intramolecular Hbond substituents is 2. The fourth-order valence-electron chi connectivity index (χ4n) is 24.6. The molecule has 12 amide bonds. The van der Waals surface area contributed by atoms with E-state index in [1.807, 2.05) is 13.8 Å². The number of ether oxygens (including phenoxy) is 4. The van der Waals surface area contributed by atoms with Crippen LogP contribution in [0.5, 0.6) is 11.5 Å². The van der Waals surface area contributed by atoms with Gasteiger partial charge in [-0.05, 0) is 316 Å². The van der Waals surface area contributed by atoms with E-state index in [1.165, 1.54) is 86.8 Å². The van der Waals surface area contributed by atoms with Crippen molar-refractivity contribution in [2.75, 3.05) is 87.2 Å². The summed E-state index contributed by atoms with van der Waals surface area (Å²) in [6.45, 7) is 20.5. The lowest BCUT2D eigenvalue weighted by Crippen LogP contribution is -2.57. The molecular formula is C116H188N16O18. The summed E-state index contributed by atoms with van der Waals surface area (Å²) < 4.78 is 26.0. The Morgan fingerprint density at radius 3 is 1.11 bits per heavy atom. The Hall–Kier alpha value is -8.64. The number of amides is 12. The second-order valence-electron chi connectivity index (χ2n) is 47.4. The van der Waals surface area contributed by atoms with Crippen molar-refractivity contribution in [2.24, 2.45) is 65.1 Å². The molecule has 9 unspecified atom stereocenters. The number of hydrogen-bond donors (Lipinski definition) is 14. The van der Waals surface area contributed by atoms with Crippen LogP contribution in [0, 0.1) is 65.1 Å². The largest absolute Gasteiger partial charge is 0.508 e. The van der Waals surface area contributed by atoms with Crippen molar-refractivity contribution in [1.82, 2.24) is 83.4 Å². The number of carbonyl (C=O) groups excluding carboxylic acids is 12. The van der Waals surface area contributed by atoms with Crippen molar-refractivity contribution in [3.8, 4) is 11.5 Å². The number of aromatic hydroxyl groups is 2. The van der Waals surface area contributed by atoms with Gasteiger partial charge < -0.3 is 113 Å². The summed E-state index contributed by atoms with van der Waals surface area (Å²) in [5.74, 6) is 2.30. The van der Waals surface area contributed by atoms with Gasteiger partial charge in [0, 0.05) is 93.4 Å². The van der Waals surface area contributed by atoms with E-state index in [2.05, 4.69) is 77.6 Å². The quantitative estimate of drug-likeness (QED) is 0.0939. The van der Waals surface area contributed by atoms with Gasteiger partial charge >= 0.3 is 0 Å². The molecule has 0 radical (unpaired) electrons. The number of nitrogens with zero attached hydrogens (tertiary/aromatic N) is 4. The third-order valence-electron chi connectivity index (χ3n) is 35.2. The first-order valence-electron chi connectivity index (χ1n) is 58.6. The molecule has 14 aliphatic rings. The molecule has 0 spiro atoms. The lowest BCUT2D eigenvalue weighted by molar-refractivity contribution is -0.142. The topological polar surface area (TPSA) is 440 Å². The molecule has 5 heterocycles. The Bertz CT molecular complexity index is 4650. The Labute approximate surface area is 893 Å². The number of nitrogens with one attached hydrogen (secondary N) is 12. The fraction of sp³-hybridized carbons (Fsp3) is 0.793. The third kappa shape index (κ3) is 35.7. The molecular weight excluding hydrogens is 1910 g/mol.